The Bertz CT molecular complexity index is 1170. The molecule has 9 nitrogen and oxygen atoms in total. The van der Waals surface area contributed by atoms with Crippen molar-refractivity contribution in [2.75, 3.05) is 31.6 Å². The molecule has 32 heavy (non-hydrogen) atoms. The number of aromatic nitrogens is 5. The molecule has 0 saturated carbocycles. The lowest BCUT2D eigenvalue weighted by Crippen LogP contribution is -2.46. The van der Waals surface area contributed by atoms with Crippen molar-refractivity contribution in [1.29, 1.82) is 0 Å². The van der Waals surface area contributed by atoms with Crippen molar-refractivity contribution < 1.29 is 4.74 Å². The Labute approximate surface area is 187 Å². The Kier molecular flexibility index (Phi) is 5.93. The van der Waals surface area contributed by atoms with Gasteiger partial charge in [-0.25, -0.2) is 14.6 Å². The molecule has 3 aromatic rings. The maximum absolute atomic E-state index is 12.5. The average molecular weight is 438 g/mol. The van der Waals surface area contributed by atoms with Crippen LogP contribution in [0.3, 0.4) is 0 Å². The summed E-state index contributed by atoms with van der Waals surface area (Å²) in [6.07, 6.45) is 5.95. The first-order chi connectivity index (χ1) is 15.6. The van der Waals surface area contributed by atoms with E-state index in [1.807, 2.05) is 0 Å². The third-order valence-electron chi connectivity index (χ3n) is 6.82. The van der Waals surface area contributed by atoms with Gasteiger partial charge in [-0.05, 0) is 32.4 Å². The second kappa shape index (κ2) is 8.99. The molecule has 0 amide bonds. The lowest BCUT2D eigenvalue weighted by molar-refractivity contribution is 0.107. The lowest BCUT2D eigenvalue weighted by atomic mass is 10.0. The monoisotopic (exact) mass is 437 g/mol. The van der Waals surface area contributed by atoms with E-state index in [1.54, 1.807) is 17.1 Å². The minimum atomic E-state index is -0.0385. The molecule has 1 N–H and O–H groups in total. The molecular weight excluding hydrogens is 406 g/mol. The number of hydrogen-bond donors (Lipinski definition) is 1. The van der Waals surface area contributed by atoms with E-state index in [2.05, 4.69) is 49.9 Å². The van der Waals surface area contributed by atoms with Gasteiger partial charge in [0, 0.05) is 49.9 Å². The van der Waals surface area contributed by atoms with Crippen LogP contribution in [-0.4, -0.2) is 61.5 Å². The van der Waals surface area contributed by atoms with Crippen molar-refractivity contribution in [1.82, 2.24) is 29.2 Å². The van der Waals surface area contributed by atoms with Gasteiger partial charge in [-0.2, -0.15) is 5.10 Å². The first kappa shape index (κ1) is 21.1. The summed E-state index contributed by atoms with van der Waals surface area (Å²) < 4.78 is 9.21. The highest BCUT2D eigenvalue weighted by Crippen LogP contribution is 2.23. The molecule has 1 fully saturated rings. The summed E-state index contributed by atoms with van der Waals surface area (Å²) in [6, 6.07) is 4.18. The summed E-state index contributed by atoms with van der Waals surface area (Å²) in [7, 11) is 2.05. The van der Waals surface area contributed by atoms with Crippen LogP contribution < -0.4 is 10.9 Å². The summed E-state index contributed by atoms with van der Waals surface area (Å²) in [5.41, 5.74) is 5.07. The molecular formula is C23H31N7O2. The molecule has 1 unspecified atom stereocenters. The molecule has 0 aliphatic carbocycles. The summed E-state index contributed by atoms with van der Waals surface area (Å²) >= 11 is 0. The number of nitrogens with one attached hydrogen (secondary N) is 1. The summed E-state index contributed by atoms with van der Waals surface area (Å²) in [4.78, 5) is 23.9. The molecule has 5 heterocycles. The van der Waals surface area contributed by atoms with Gasteiger partial charge in [0.05, 0.1) is 31.0 Å². The number of aryl methyl sites for hydroxylation is 2. The van der Waals surface area contributed by atoms with Crippen LogP contribution in [0.25, 0.3) is 11.0 Å². The zero-order valence-electron chi connectivity index (χ0n) is 18.9. The molecule has 0 aromatic carbocycles. The number of likely N-dealkylation sites (tertiary alicyclic amines) is 1. The molecule has 1 atom stereocenters. The fourth-order valence-corrected chi connectivity index (χ4v) is 4.87. The number of piperidine rings is 1. The number of nitrogens with zero attached hydrogens (tertiary/aromatic N) is 6. The minimum absolute atomic E-state index is 0.0385. The van der Waals surface area contributed by atoms with Crippen molar-refractivity contribution in [2.45, 2.75) is 51.8 Å². The maximum Gasteiger partial charge on any atom is 0.267 e. The number of anilines is 1. The molecule has 2 aliphatic rings. The van der Waals surface area contributed by atoms with E-state index < -0.39 is 0 Å². The Hall–Kier alpha value is -2.78. The summed E-state index contributed by atoms with van der Waals surface area (Å²) in [5, 5.41) is 8.20. The van der Waals surface area contributed by atoms with Crippen LogP contribution >= 0.6 is 0 Å². The van der Waals surface area contributed by atoms with Gasteiger partial charge in [-0.1, -0.05) is 6.42 Å². The molecule has 3 aromatic heterocycles. The summed E-state index contributed by atoms with van der Waals surface area (Å²) in [5.74, 6) is 0.880. The topological polar surface area (TPSA) is 90.1 Å². The third kappa shape index (κ3) is 4.14. The largest absolute Gasteiger partial charge is 0.376 e. The van der Waals surface area contributed by atoms with Crippen LogP contribution in [0.4, 0.5) is 5.82 Å². The van der Waals surface area contributed by atoms with Crippen molar-refractivity contribution >= 4 is 16.9 Å². The van der Waals surface area contributed by atoms with E-state index in [1.165, 1.54) is 12.8 Å². The van der Waals surface area contributed by atoms with Crippen LogP contribution in [0.5, 0.6) is 0 Å². The van der Waals surface area contributed by atoms with E-state index in [4.69, 9.17) is 4.74 Å². The first-order valence-electron chi connectivity index (χ1n) is 11.5. The number of fused-ring (bicyclic) bond motifs is 2. The molecule has 9 heteroatoms. The fraction of sp³-hybridized carbons (Fsp3) is 0.565. The van der Waals surface area contributed by atoms with Gasteiger partial charge in [0.1, 0.15) is 11.8 Å². The quantitative estimate of drug-likeness (QED) is 0.630. The number of hydrogen-bond acceptors (Lipinski definition) is 7. The zero-order valence-corrected chi connectivity index (χ0v) is 18.9. The predicted molar refractivity (Wildman–Crippen MR) is 123 cm³/mol. The molecule has 0 bridgehead atoms. The maximum atomic E-state index is 12.5. The smallest absolute Gasteiger partial charge is 0.267 e. The molecule has 2 aliphatic heterocycles. The second-order valence-corrected chi connectivity index (χ2v) is 8.85. The van der Waals surface area contributed by atoms with E-state index in [-0.39, 0.29) is 5.56 Å². The van der Waals surface area contributed by atoms with Crippen LogP contribution in [0, 0.1) is 6.92 Å². The highest BCUT2D eigenvalue weighted by Gasteiger charge is 2.23. The van der Waals surface area contributed by atoms with Crippen molar-refractivity contribution in [3.8, 4) is 0 Å². The second-order valence-electron chi connectivity index (χ2n) is 8.85. The molecule has 0 radical (unpaired) electrons. The highest BCUT2D eigenvalue weighted by atomic mass is 16.5. The van der Waals surface area contributed by atoms with Crippen LogP contribution in [0.2, 0.25) is 0 Å². The molecule has 5 rings (SSSR count). The predicted octanol–water partition coefficient (Wildman–Crippen LogP) is 1.87. The standard InChI is InChI=1S/C23H31N7O2/c1-16-11-20-22(28(16)2)23(26-15-25-20)24-13-18-5-3-4-7-29(18)8-9-30-21(31)12-17-14-32-10-6-19(17)27-30/h11-12,15,18H,3-10,13-14H2,1-2H3,(H,24,25,26). The van der Waals surface area contributed by atoms with E-state index >= 15 is 0 Å². The van der Waals surface area contributed by atoms with Gasteiger partial charge in [-0.3, -0.25) is 9.69 Å². The van der Waals surface area contributed by atoms with Gasteiger partial charge in [0.2, 0.25) is 0 Å². The molecule has 1 saturated heterocycles. The average Bonchev–Trinajstić information content (AvgIpc) is 3.10. The van der Waals surface area contributed by atoms with E-state index in [0.29, 0.717) is 25.8 Å². The summed E-state index contributed by atoms with van der Waals surface area (Å²) in [6.45, 7) is 6.54. The zero-order chi connectivity index (χ0) is 22.1. The third-order valence-corrected chi connectivity index (χ3v) is 6.82. The molecule has 170 valence electrons. The Balaban J connectivity index is 1.27. The Morgan fingerprint density at radius 1 is 1.22 bits per heavy atom. The SMILES string of the molecule is Cc1cc2ncnc(NCC3CCCCN3CCn3nc4c(cc3=O)COCC4)c2n1C. The van der Waals surface area contributed by atoms with Crippen molar-refractivity contribution in [2.24, 2.45) is 7.05 Å². The van der Waals surface area contributed by atoms with Crippen LogP contribution in [0.15, 0.2) is 23.3 Å². The van der Waals surface area contributed by atoms with Gasteiger partial charge >= 0.3 is 0 Å². The van der Waals surface area contributed by atoms with E-state index in [0.717, 1.165) is 66.3 Å². The first-order valence-corrected chi connectivity index (χ1v) is 11.5. The van der Waals surface area contributed by atoms with Crippen molar-refractivity contribution in [3.05, 3.63) is 45.8 Å². The van der Waals surface area contributed by atoms with E-state index in [9.17, 15) is 4.79 Å². The van der Waals surface area contributed by atoms with Crippen LogP contribution in [-0.2, 0) is 31.4 Å². The van der Waals surface area contributed by atoms with Crippen LogP contribution in [0.1, 0.15) is 36.2 Å². The molecule has 0 spiro atoms. The number of ether oxygens (including phenoxy) is 1. The minimum Gasteiger partial charge on any atom is -0.376 e. The Morgan fingerprint density at radius 3 is 3.03 bits per heavy atom. The van der Waals surface area contributed by atoms with Gasteiger partial charge < -0.3 is 14.6 Å². The fourth-order valence-electron chi connectivity index (χ4n) is 4.87. The Morgan fingerprint density at radius 2 is 2.12 bits per heavy atom. The normalized spacial score (nSPS) is 19.2. The van der Waals surface area contributed by atoms with Gasteiger partial charge in [0.15, 0.2) is 5.82 Å². The van der Waals surface area contributed by atoms with Gasteiger partial charge in [-0.15, -0.1) is 0 Å². The number of rotatable bonds is 6. The van der Waals surface area contributed by atoms with Crippen molar-refractivity contribution in [3.63, 3.8) is 0 Å². The van der Waals surface area contributed by atoms with Gasteiger partial charge in [0.25, 0.3) is 5.56 Å². The highest BCUT2D eigenvalue weighted by molar-refractivity contribution is 5.87. The lowest BCUT2D eigenvalue weighted by Gasteiger charge is -2.36.